The summed E-state index contributed by atoms with van der Waals surface area (Å²) in [6.45, 7) is 5.61. The van der Waals surface area contributed by atoms with E-state index < -0.39 is 44.7 Å². The lowest BCUT2D eigenvalue weighted by atomic mass is 9.79. The maximum Gasteiger partial charge on any atom is 0.306 e. The molecule has 0 radical (unpaired) electrons. The van der Waals surface area contributed by atoms with Gasteiger partial charge in [-0.2, -0.15) is 0 Å². The summed E-state index contributed by atoms with van der Waals surface area (Å²) in [5.41, 5.74) is -0.274. The summed E-state index contributed by atoms with van der Waals surface area (Å²) in [7, 11) is -1.83. The van der Waals surface area contributed by atoms with Gasteiger partial charge in [-0.3, -0.25) is 23.9 Å². The van der Waals surface area contributed by atoms with Crippen LogP contribution in [0.3, 0.4) is 0 Å². The van der Waals surface area contributed by atoms with Crippen LogP contribution >= 0.6 is 0 Å². The Morgan fingerprint density at radius 3 is 2.58 bits per heavy atom. The molecule has 14 heteroatoms. The molecule has 5 fully saturated rings. The van der Waals surface area contributed by atoms with Gasteiger partial charge in [-0.25, -0.2) is 13.4 Å². The third-order valence-corrected chi connectivity index (χ3v) is 16.4. The van der Waals surface area contributed by atoms with E-state index in [1.807, 2.05) is 37.4 Å². The Kier molecular flexibility index (Phi) is 10.7. The van der Waals surface area contributed by atoms with Gasteiger partial charge < -0.3 is 24.0 Å². The number of Topliss-reactive ketones (excluding diaryl/α,β-unsaturated/α-hetero) is 1. The molecule has 1 aromatic carbocycles. The van der Waals surface area contributed by atoms with Gasteiger partial charge in [-0.05, 0) is 106 Å². The zero-order chi connectivity index (χ0) is 41.2. The number of aromatic nitrogens is 1. The number of nitrogens with one attached hydrogen (secondary N) is 1. The number of ether oxygens (including phenoxy) is 3. The molecule has 1 unspecified atom stereocenters. The fourth-order valence-corrected chi connectivity index (χ4v) is 12.1. The number of pyridine rings is 1. The number of esters is 1. The molecule has 59 heavy (non-hydrogen) atoms. The number of fused-ring (bicyclic) bond motifs is 6. The SMILES string of the molecule is CC[C@@H]1C[C@H](C)CC/C=C\[C@@H]2C[C@@]2(C(=O)NS(=O)(=O)C2CC2)CC(=O)[C@@H]2C[C@@H](Oc3nccc4c5c(ccc34)N(C)CCO5)CN2C(=O)[C@H]1CC(=O)OC1C[C@@H]2C[C@@H]2C1. The molecule has 4 aliphatic carbocycles. The van der Waals surface area contributed by atoms with Crippen molar-refractivity contribution in [1.29, 1.82) is 0 Å². The van der Waals surface area contributed by atoms with Crippen LogP contribution in [-0.4, -0.2) is 92.1 Å². The Bertz CT molecular complexity index is 2150. The molecule has 10 atom stereocenters. The minimum absolute atomic E-state index is 0.0728. The average molecular weight is 831 g/mol. The lowest BCUT2D eigenvalue weighted by Gasteiger charge is -2.33. The van der Waals surface area contributed by atoms with Crippen molar-refractivity contribution >= 4 is 50.1 Å². The number of nitrogens with zero attached hydrogens (tertiary/aromatic N) is 3. The smallest absolute Gasteiger partial charge is 0.306 e. The van der Waals surface area contributed by atoms with E-state index in [0.29, 0.717) is 50.0 Å². The van der Waals surface area contributed by atoms with Crippen LogP contribution in [0.25, 0.3) is 10.8 Å². The summed E-state index contributed by atoms with van der Waals surface area (Å²) in [5.74, 6) is -0.167. The molecule has 0 spiro atoms. The number of carbonyl (C=O) groups excluding carboxylic acids is 4. The van der Waals surface area contributed by atoms with Crippen LogP contribution in [0.15, 0.2) is 36.5 Å². The molecule has 1 saturated heterocycles. The van der Waals surface area contributed by atoms with Gasteiger partial charge in [0, 0.05) is 36.9 Å². The molecule has 1 N–H and O–H groups in total. The summed E-state index contributed by atoms with van der Waals surface area (Å²) >= 11 is 0. The van der Waals surface area contributed by atoms with Gasteiger partial charge in [0.1, 0.15) is 18.8 Å². The standard InChI is InChI=1S/C45H58N4O9S/c1-4-27-17-26(2)7-5-6-8-30-23-45(30,44(53)47-59(54,55)33-9-10-33)24-39(50)38-21-32(25-49(38)43(52)36(27)22-40(51)57-31-19-28-18-29(28)20-31)58-42-35-11-12-37-41(34(35)13-14-46-42)56-16-15-48(37)3/h6,8,11-14,26-33,36,38H,4-5,7,9-10,15-25H2,1-3H3,(H,47,53)/b8-6-/t26-,27-,28-,29+,30-,31?,32-,36+,38+,45-/m1/s1. The maximum absolute atomic E-state index is 15.2. The molecule has 1 aromatic heterocycles. The largest absolute Gasteiger partial charge is 0.489 e. The number of allylic oxidation sites excluding steroid dienone is 2. The highest BCUT2D eigenvalue weighted by molar-refractivity contribution is 7.90. The van der Waals surface area contributed by atoms with Crippen LogP contribution < -0.4 is 19.1 Å². The summed E-state index contributed by atoms with van der Waals surface area (Å²) in [6, 6.07) is 4.87. The van der Waals surface area contributed by atoms with Gasteiger partial charge in [-0.15, -0.1) is 0 Å². The van der Waals surface area contributed by atoms with Crippen molar-refractivity contribution in [3.05, 3.63) is 36.5 Å². The summed E-state index contributed by atoms with van der Waals surface area (Å²) < 4.78 is 47.1. The molecule has 7 aliphatic rings. The van der Waals surface area contributed by atoms with Gasteiger partial charge in [0.15, 0.2) is 11.5 Å². The number of benzene rings is 1. The first-order chi connectivity index (χ1) is 28.3. The van der Waals surface area contributed by atoms with Crippen molar-refractivity contribution in [1.82, 2.24) is 14.6 Å². The van der Waals surface area contributed by atoms with Gasteiger partial charge >= 0.3 is 5.97 Å². The first kappa shape index (κ1) is 40.2. The molecule has 13 nitrogen and oxygen atoms in total. The topological polar surface area (TPSA) is 162 Å². The van der Waals surface area contributed by atoms with Gasteiger partial charge in [0.05, 0.1) is 47.8 Å². The fourth-order valence-electron chi connectivity index (χ4n) is 10.7. The fraction of sp³-hybridized carbons (Fsp3) is 0.667. The number of rotatable bonds is 9. The van der Waals surface area contributed by atoms with E-state index in [4.69, 9.17) is 14.2 Å². The predicted octanol–water partition coefficient (Wildman–Crippen LogP) is 5.74. The highest BCUT2D eigenvalue weighted by Crippen LogP contribution is 2.57. The Balaban J connectivity index is 1.04. The number of ketones is 1. The molecule has 0 bridgehead atoms. The van der Waals surface area contributed by atoms with Crippen molar-refractivity contribution in [2.45, 2.75) is 121 Å². The van der Waals surface area contributed by atoms with Gasteiger partial charge in [-0.1, -0.05) is 32.4 Å². The van der Waals surface area contributed by atoms with Crippen LogP contribution in [0.2, 0.25) is 0 Å². The van der Waals surface area contributed by atoms with E-state index in [9.17, 15) is 22.8 Å². The summed E-state index contributed by atoms with van der Waals surface area (Å²) in [6.07, 6.45) is 12.1. The van der Waals surface area contributed by atoms with E-state index in [0.717, 1.165) is 60.9 Å². The summed E-state index contributed by atoms with van der Waals surface area (Å²) in [5, 5.41) is 0.999. The van der Waals surface area contributed by atoms with Crippen LogP contribution in [0.5, 0.6) is 11.6 Å². The zero-order valence-electron chi connectivity index (χ0n) is 34.5. The molecule has 4 heterocycles. The van der Waals surface area contributed by atoms with Crippen molar-refractivity contribution < 1.29 is 41.8 Å². The van der Waals surface area contributed by atoms with Crippen LogP contribution in [0.4, 0.5) is 5.69 Å². The molecule has 2 aromatic rings. The normalized spacial score (nSPS) is 34.9. The predicted molar refractivity (Wildman–Crippen MR) is 220 cm³/mol. The highest BCUT2D eigenvalue weighted by atomic mass is 32.2. The van der Waals surface area contributed by atoms with E-state index in [2.05, 4.69) is 28.5 Å². The van der Waals surface area contributed by atoms with Crippen LogP contribution in [0, 0.1) is 40.9 Å². The van der Waals surface area contributed by atoms with E-state index in [1.165, 1.54) is 6.42 Å². The Morgan fingerprint density at radius 1 is 1.02 bits per heavy atom. The van der Waals surface area contributed by atoms with Crippen molar-refractivity contribution in [3.63, 3.8) is 0 Å². The summed E-state index contributed by atoms with van der Waals surface area (Å²) in [4.78, 5) is 66.0. The van der Waals surface area contributed by atoms with E-state index >= 15 is 4.79 Å². The number of amides is 2. The first-order valence-corrected chi connectivity index (χ1v) is 23.6. The van der Waals surface area contributed by atoms with Gasteiger partial charge in [0.2, 0.25) is 27.7 Å². The van der Waals surface area contributed by atoms with Crippen molar-refractivity contribution in [3.8, 4) is 11.6 Å². The third-order valence-electron chi connectivity index (χ3n) is 14.6. The second-order valence-electron chi connectivity index (χ2n) is 18.8. The monoisotopic (exact) mass is 830 g/mol. The van der Waals surface area contributed by atoms with Crippen LogP contribution in [-0.2, 0) is 33.9 Å². The second kappa shape index (κ2) is 15.7. The zero-order valence-corrected chi connectivity index (χ0v) is 35.3. The highest BCUT2D eigenvalue weighted by Gasteiger charge is 2.62. The minimum atomic E-state index is -3.85. The maximum atomic E-state index is 15.2. The van der Waals surface area contributed by atoms with E-state index in [-0.39, 0.29) is 67.3 Å². The number of sulfonamides is 1. The molecule has 9 rings (SSSR count). The first-order valence-electron chi connectivity index (χ1n) is 22.0. The molecule has 318 valence electrons. The molecular weight excluding hydrogens is 773 g/mol. The number of carbonyl (C=O) groups is 4. The average Bonchev–Trinajstić information content (AvgIpc) is 4.17. The van der Waals surface area contributed by atoms with E-state index in [1.54, 1.807) is 11.1 Å². The lowest BCUT2D eigenvalue weighted by molar-refractivity contribution is -0.155. The molecule has 4 saturated carbocycles. The number of hydrogen-bond acceptors (Lipinski definition) is 11. The van der Waals surface area contributed by atoms with Gasteiger partial charge in [0.25, 0.3) is 0 Å². The number of likely N-dealkylation sites (N-methyl/N-ethyl adjacent to an activating group) is 1. The second-order valence-corrected chi connectivity index (χ2v) is 20.8. The molecular formula is C45H58N4O9S. The molecule has 3 aliphatic heterocycles. The quantitative estimate of drug-likeness (QED) is 0.243. The number of hydrogen-bond donors (Lipinski definition) is 1. The number of anilines is 1. The van der Waals surface area contributed by atoms with Crippen molar-refractivity contribution in [2.75, 3.05) is 31.6 Å². The third kappa shape index (κ3) is 8.06. The van der Waals surface area contributed by atoms with Crippen molar-refractivity contribution in [2.24, 2.45) is 40.9 Å². The minimum Gasteiger partial charge on any atom is -0.489 e. The molecule has 2 amide bonds. The Hall–Kier alpha value is -4.20. The van der Waals surface area contributed by atoms with Crippen LogP contribution in [0.1, 0.15) is 97.3 Å². The Morgan fingerprint density at radius 2 is 1.81 bits per heavy atom. The Labute approximate surface area is 347 Å². The lowest BCUT2D eigenvalue weighted by Crippen LogP contribution is -2.48.